The van der Waals surface area contributed by atoms with Crippen LogP contribution in [0.15, 0.2) is 24.4 Å². The van der Waals surface area contributed by atoms with Gasteiger partial charge in [-0.3, -0.25) is 10.2 Å². The Hall–Kier alpha value is -2.34. The lowest BCUT2D eigenvalue weighted by atomic mass is 9.95. The van der Waals surface area contributed by atoms with E-state index in [1.165, 1.54) is 30.5 Å². The average molecular weight is 382 g/mol. The second-order valence-corrected chi connectivity index (χ2v) is 7.94. The third-order valence-electron chi connectivity index (χ3n) is 5.90. The molecule has 2 aromatic rings. The highest BCUT2D eigenvalue weighted by atomic mass is 16.2. The molecule has 0 spiro atoms. The Kier molecular flexibility index (Phi) is 5.67. The molecule has 2 N–H and O–H groups in total. The summed E-state index contributed by atoms with van der Waals surface area (Å²) in [5, 5.41) is 3.00. The van der Waals surface area contributed by atoms with Crippen molar-refractivity contribution in [2.24, 2.45) is 0 Å². The van der Waals surface area contributed by atoms with E-state index in [4.69, 9.17) is 4.98 Å². The number of carbonyl (C=O) groups excluding carboxylic acids is 1. The monoisotopic (exact) mass is 381 g/mol. The van der Waals surface area contributed by atoms with E-state index in [1.54, 1.807) is 0 Å². The Balaban J connectivity index is 1.55. The van der Waals surface area contributed by atoms with Gasteiger partial charge in [-0.1, -0.05) is 19.9 Å². The number of nitrogens with one attached hydrogen (secondary N) is 2. The minimum Gasteiger partial charge on any atom is -0.359 e. The third kappa shape index (κ3) is 3.78. The molecular formula is C22H31N5O. The van der Waals surface area contributed by atoms with Gasteiger partial charge in [0.25, 0.3) is 0 Å². The molecule has 28 heavy (non-hydrogen) atoms. The average Bonchev–Trinajstić information content (AvgIpc) is 3.33. The number of hydrogen-bond donors (Lipinski definition) is 2. The molecule has 2 aromatic heterocycles. The number of H-pyrrole nitrogens is 1. The maximum absolute atomic E-state index is 12.6. The molecule has 0 saturated carbocycles. The van der Waals surface area contributed by atoms with Crippen molar-refractivity contribution < 1.29 is 4.79 Å². The van der Waals surface area contributed by atoms with Gasteiger partial charge < -0.3 is 9.88 Å². The highest BCUT2D eigenvalue weighted by molar-refractivity contribution is 5.93. The van der Waals surface area contributed by atoms with E-state index in [0.717, 1.165) is 49.9 Å². The molecule has 1 fully saturated rings. The van der Waals surface area contributed by atoms with Gasteiger partial charge in [0.05, 0.1) is 11.0 Å². The molecule has 0 aromatic carbocycles. The number of nitrogens with zero attached hydrogens (tertiary/aromatic N) is 3. The van der Waals surface area contributed by atoms with Gasteiger partial charge in [-0.15, -0.1) is 0 Å². The lowest BCUT2D eigenvalue weighted by Gasteiger charge is -2.29. The number of aromatic nitrogens is 2. The molecule has 2 aliphatic rings. The van der Waals surface area contributed by atoms with Crippen molar-refractivity contribution in [3.63, 3.8) is 0 Å². The van der Waals surface area contributed by atoms with Crippen molar-refractivity contribution in [2.45, 2.75) is 52.0 Å². The molecule has 4 rings (SSSR count). The van der Waals surface area contributed by atoms with E-state index in [9.17, 15) is 4.79 Å². The smallest absolute Gasteiger partial charge is 0.323 e. The molecule has 0 radical (unpaired) electrons. The van der Waals surface area contributed by atoms with Crippen LogP contribution >= 0.6 is 0 Å². The summed E-state index contributed by atoms with van der Waals surface area (Å²) in [6.07, 6.45) is 10.0. The van der Waals surface area contributed by atoms with Gasteiger partial charge in [0.2, 0.25) is 0 Å². The summed E-state index contributed by atoms with van der Waals surface area (Å²) in [6.45, 7) is 7.98. The number of pyridine rings is 1. The van der Waals surface area contributed by atoms with Crippen molar-refractivity contribution in [1.29, 1.82) is 0 Å². The first-order chi connectivity index (χ1) is 13.7. The van der Waals surface area contributed by atoms with Gasteiger partial charge in [0, 0.05) is 37.4 Å². The van der Waals surface area contributed by atoms with Crippen LogP contribution in [0.4, 0.5) is 10.6 Å². The van der Waals surface area contributed by atoms with E-state index in [0.29, 0.717) is 11.9 Å². The second kappa shape index (κ2) is 8.35. The fraction of sp³-hybridized carbons (Fsp3) is 0.545. The van der Waals surface area contributed by atoms with Gasteiger partial charge in [0.1, 0.15) is 5.82 Å². The minimum atomic E-state index is -0.0638. The zero-order chi connectivity index (χ0) is 19.5. The zero-order valence-corrected chi connectivity index (χ0v) is 17.0. The van der Waals surface area contributed by atoms with Crippen molar-refractivity contribution in [3.8, 4) is 0 Å². The Labute approximate surface area is 167 Å². The maximum atomic E-state index is 12.6. The van der Waals surface area contributed by atoms with E-state index in [-0.39, 0.29) is 6.03 Å². The number of fused-ring (bicyclic) bond motifs is 2. The molecule has 1 saturated heterocycles. The van der Waals surface area contributed by atoms with E-state index < -0.39 is 0 Å². The minimum absolute atomic E-state index is 0.0638. The molecule has 1 unspecified atom stereocenters. The van der Waals surface area contributed by atoms with Crippen LogP contribution in [0.2, 0.25) is 0 Å². The SMILES string of the molecule is CCCN(CCC)C(=O)Nc1ccc2[nH]cc(C3=CCN4CCCC4C3)c2n1. The van der Waals surface area contributed by atoms with Gasteiger partial charge in [-0.25, -0.2) is 9.78 Å². The number of urea groups is 1. The zero-order valence-electron chi connectivity index (χ0n) is 17.0. The number of hydrogen-bond acceptors (Lipinski definition) is 3. The molecule has 6 nitrogen and oxygen atoms in total. The molecule has 6 heteroatoms. The van der Waals surface area contributed by atoms with E-state index in [1.807, 2.05) is 17.0 Å². The summed E-state index contributed by atoms with van der Waals surface area (Å²) < 4.78 is 0. The lowest BCUT2D eigenvalue weighted by molar-refractivity contribution is 0.211. The van der Waals surface area contributed by atoms with Crippen molar-refractivity contribution in [3.05, 3.63) is 30.0 Å². The molecule has 4 heterocycles. The highest BCUT2D eigenvalue weighted by Crippen LogP contribution is 2.34. The van der Waals surface area contributed by atoms with Crippen LogP contribution in [-0.4, -0.2) is 58.0 Å². The predicted octanol–water partition coefficient (Wildman–Crippen LogP) is 4.47. The quantitative estimate of drug-likeness (QED) is 0.776. The topological polar surface area (TPSA) is 64.3 Å². The van der Waals surface area contributed by atoms with E-state index in [2.05, 4.69) is 41.3 Å². The molecule has 0 aliphatic carbocycles. The first-order valence-electron chi connectivity index (χ1n) is 10.7. The van der Waals surface area contributed by atoms with Crippen molar-refractivity contribution >= 4 is 28.5 Å². The first kappa shape index (κ1) is 19.0. The Morgan fingerprint density at radius 3 is 2.93 bits per heavy atom. The van der Waals surface area contributed by atoms with Gasteiger partial charge >= 0.3 is 6.03 Å². The molecule has 150 valence electrons. The third-order valence-corrected chi connectivity index (χ3v) is 5.90. The number of anilines is 1. The number of carbonyl (C=O) groups is 1. The summed E-state index contributed by atoms with van der Waals surface area (Å²) in [7, 11) is 0. The van der Waals surface area contributed by atoms with Gasteiger partial charge in [0.15, 0.2) is 0 Å². The standard InChI is InChI=1S/C22H31N5O/c1-3-10-27(11-4-2)22(28)25-20-8-7-19-21(24-20)18(15-23-19)16-9-13-26-12-5-6-17(26)14-16/h7-9,15,17,23H,3-6,10-14H2,1-2H3,(H,24,25,28). The van der Waals surface area contributed by atoms with Crippen LogP contribution in [0.5, 0.6) is 0 Å². The van der Waals surface area contributed by atoms with Crippen LogP contribution < -0.4 is 5.32 Å². The second-order valence-electron chi connectivity index (χ2n) is 7.94. The summed E-state index contributed by atoms with van der Waals surface area (Å²) in [5.41, 5.74) is 4.52. The molecular weight excluding hydrogens is 350 g/mol. The van der Waals surface area contributed by atoms with Crippen molar-refractivity contribution in [1.82, 2.24) is 19.8 Å². The normalized spacial score (nSPS) is 19.5. The van der Waals surface area contributed by atoms with Crippen LogP contribution in [-0.2, 0) is 0 Å². The Morgan fingerprint density at radius 1 is 1.32 bits per heavy atom. The highest BCUT2D eigenvalue weighted by Gasteiger charge is 2.28. The first-order valence-corrected chi connectivity index (χ1v) is 10.7. The van der Waals surface area contributed by atoms with Crippen LogP contribution in [0.1, 0.15) is 51.5 Å². The fourth-order valence-corrected chi connectivity index (χ4v) is 4.51. The van der Waals surface area contributed by atoms with Crippen LogP contribution in [0.25, 0.3) is 16.6 Å². The Morgan fingerprint density at radius 2 is 2.14 bits per heavy atom. The summed E-state index contributed by atoms with van der Waals surface area (Å²) in [6, 6.07) is 4.50. The van der Waals surface area contributed by atoms with Crippen LogP contribution in [0.3, 0.4) is 0 Å². The summed E-state index contributed by atoms with van der Waals surface area (Å²) in [5.74, 6) is 0.620. The summed E-state index contributed by atoms with van der Waals surface area (Å²) >= 11 is 0. The van der Waals surface area contributed by atoms with Gasteiger partial charge in [-0.2, -0.15) is 0 Å². The van der Waals surface area contributed by atoms with Gasteiger partial charge in [-0.05, 0) is 56.4 Å². The predicted molar refractivity (Wildman–Crippen MR) is 114 cm³/mol. The van der Waals surface area contributed by atoms with Crippen molar-refractivity contribution in [2.75, 3.05) is 31.5 Å². The molecule has 2 aliphatic heterocycles. The molecule has 1 atom stereocenters. The fourth-order valence-electron chi connectivity index (χ4n) is 4.51. The number of amides is 2. The maximum Gasteiger partial charge on any atom is 0.323 e. The van der Waals surface area contributed by atoms with E-state index >= 15 is 0 Å². The lowest BCUT2D eigenvalue weighted by Crippen LogP contribution is -2.36. The largest absolute Gasteiger partial charge is 0.359 e. The van der Waals surface area contributed by atoms with Crippen LogP contribution in [0, 0.1) is 0 Å². The molecule has 0 bridgehead atoms. The summed E-state index contributed by atoms with van der Waals surface area (Å²) in [4.78, 5) is 25.2. The Bertz CT molecular complexity index is 865. The molecule has 2 amide bonds. The number of aromatic amines is 1. The number of rotatable bonds is 6.